The summed E-state index contributed by atoms with van der Waals surface area (Å²) in [4.78, 5) is 23.3. The van der Waals surface area contributed by atoms with E-state index in [2.05, 4.69) is 4.74 Å². The predicted octanol–water partition coefficient (Wildman–Crippen LogP) is 1.69. The van der Waals surface area contributed by atoms with Gasteiger partial charge in [-0.15, -0.1) is 0 Å². The summed E-state index contributed by atoms with van der Waals surface area (Å²) in [6.45, 7) is 5.60. The molecule has 0 amide bonds. The fourth-order valence-corrected chi connectivity index (χ4v) is 2.12. The zero-order valence-electron chi connectivity index (χ0n) is 11.5. The number of ketones is 1. The smallest absolute Gasteiger partial charge is 0.305 e. The van der Waals surface area contributed by atoms with Crippen molar-refractivity contribution in [1.29, 1.82) is 0 Å². The Morgan fingerprint density at radius 1 is 1.56 bits per heavy atom. The van der Waals surface area contributed by atoms with Crippen LogP contribution >= 0.6 is 0 Å². The summed E-state index contributed by atoms with van der Waals surface area (Å²) in [6.07, 6.45) is 1.27. The molecule has 5 nitrogen and oxygen atoms in total. The zero-order chi connectivity index (χ0) is 13.8. The van der Waals surface area contributed by atoms with E-state index in [-0.39, 0.29) is 30.7 Å². The SMILES string of the molecule is CCC[C@@H](CC(=O)OC)[C@@H]1OC(C)(C)OCC1=O. The van der Waals surface area contributed by atoms with Crippen LogP contribution in [0.5, 0.6) is 0 Å². The lowest BCUT2D eigenvalue weighted by Crippen LogP contribution is -2.49. The number of hydrogen-bond donors (Lipinski definition) is 0. The molecule has 0 bridgehead atoms. The molecular formula is C13H22O5. The number of rotatable bonds is 5. The van der Waals surface area contributed by atoms with E-state index in [0.29, 0.717) is 0 Å². The van der Waals surface area contributed by atoms with Gasteiger partial charge in [-0.05, 0) is 20.3 Å². The first-order chi connectivity index (χ1) is 8.39. The van der Waals surface area contributed by atoms with Crippen molar-refractivity contribution in [2.75, 3.05) is 13.7 Å². The molecule has 0 unspecified atom stereocenters. The zero-order valence-corrected chi connectivity index (χ0v) is 11.5. The third kappa shape index (κ3) is 4.07. The minimum absolute atomic E-state index is 0.0407. The van der Waals surface area contributed by atoms with Crippen LogP contribution in [0.3, 0.4) is 0 Å². The van der Waals surface area contributed by atoms with Crippen molar-refractivity contribution < 1.29 is 23.8 Å². The van der Waals surface area contributed by atoms with Crippen molar-refractivity contribution in [2.24, 2.45) is 5.92 Å². The molecule has 1 aliphatic heterocycles. The standard InChI is InChI=1S/C13H22O5/c1-5-6-9(7-11(15)16-4)12-10(14)8-17-13(2,3)18-12/h9,12H,5-8H2,1-4H3/t9-,12-/m0/s1. The number of carbonyl (C=O) groups excluding carboxylic acids is 2. The highest BCUT2D eigenvalue weighted by molar-refractivity contribution is 5.85. The van der Waals surface area contributed by atoms with Crippen LogP contribution < -0.4 is 0 Å². The summed E-state index contributed by atoms with van der Waals surface area (Å²) in [5.74, 6) is -1.33. The van der Waals surface area contributed by atoms with Crippen LogP contribution in [0.1, 0.15) is 40.0 Å². The second kappa shape index (κ2) is 6.29. The maximum absolute atomic E-state index is 11.9. The van der Waals surface area contributed by atoms with Gasteiger partial charge in [-0.25, -0.2) is 0 Å². The van der Waals surface area contributed by atoms with E-state index in [1.54, 1.807) is 13.8 Å². The number of hydrogen-bond acceptors (Lipinski definition) is 5. The van der Waals surface area contributed by atoms with Crippen molar-refractivity contribution >= 4 is 11.8 Å². The van der Waals surface area contributed by atoms with Crippen molar-refractivity contribution in [3.05, 3.63) is 0 Å². The van der Waals surface area contributed by atoms with Crippen molar-refractivity contribution in [2.45, 2.75) is 51.9 Å². The van der Waals surface area contributed by atoms with E-state index in [1.807, 2.05) is 6.92 Å². The molecule has 0 aromatic carbocycles. The molecule has 0 radical (unpaired) electrons. The lowest BCUT2D eigenvalue weighted by Gasteiger charge is -2.38. The maximum atomic E-state index is 11.9. The van der Waals surface area contributed by atoms with Gasteiger partial charge >= 0.3 is 5.97 Å². The second-order valence-electron chi connectivity index (χ2n) is 5.02. The molecule has 0 aromatic rings. The first-order valence-electron chi connectivity index (χ1n) is 6.31. The molecule has 18 heavy (non-hydrogen) atoms. The summed E-state index contributed by atoms with van der Waals surface area (Å²) >= 11 is 0. The molecule has 0 aliphatic carbocycles. The highest BCUT2D eigenvalue weighted by Gasteiger charge is 2.40. The van der Waals surface area contributed by atoms with Gasteiger partial charge in [0.25, 0.3) is 0 Å². The van der Waals surface area contributed by atoms with Gasteiger partial charge in [0, 0.05) is 5.92 Å². The summed E-state index contributed by atoms with van der Waals surface area (Å²) in [6, 6.07) is 0. The predicted molar refractivity (Wildman–Crippen MR) is 64.9 cm³/mol. The second-order valence-corrected chi connectivity index (χ2v) is 5.02. The Bertz CT molecular complexity index is 311. The number of methoxy groups -OCH3 is 1. The van der Waals surface area contributed by atoms with Crippen LogP contribution in [0, 0.1) is 5.92 Å². The molecule has 1 fully saturated rings. The van der Waals surface area contributed by atoms with Crippen LogP contribution in [-0.2, 0) is 23.8 Å². The first-order valence-corrected chi connectivity index (χ1v) is 6.31. The van der Waals surface area contributed by atoms with Gasteiger partial charge in [0.1, 0.15) is 12.7 Å². The minimum atomic E-state index is -0.777. The molecule has 0 spiro atoms. The molecular weight excluding hydrogens is 236 g/mol. The summed E-state index contributed by atoms with van der Waals surface area (Å²) in [5, 5.41) is 0. The van der Waals surface area contributed by atoms with Gasteiger partial charge in [-0.3, -0.25) is 9.59 Å². The Hall–Kier alpha value is -0.940. The van der Waals surface area contributed by atoms with E-state index in [0.717, 1.165) is 12.8 Å². The van der Waals surface area contributed by atoms with E-state index in [4.69, 9.17) is 9.47 Å². The number of carbonyl (C=O) groups is 2. The van der Waals surface area contributed by atoms with E-state index >= 15 is 0 Å². The van der Waals surface area contributed by atoms with Gasteiger partial charge in [0.05, 0.1) is 13.5 Å². The van der Waals surface area contributed by atoms with Gasteiger partial charge in [-0.1, -0.05) is 13.3 Å². The average molecular weight is 258 g/mol. The number of ether oxygens (including phenoxy) is 3. The van der Waals surface area contributed by atoms with E-state index in [9.17, 15) is 9.59 Å². The van der Waals surface area contributed by atoms with Crippen LogP contribution in [0.2, 0.25) is 0 Å². The molecule has 1 saturated heterocycles. The normalized spacial score (nSPS) is 24.7. The van der Waals surface area contributed by atoms with Gasteiger partial charge in [-0.2, -0.15) is 0 Å². The number of Topliss-reactive ketones (excluding diaryl/α,β-unsaturated/α-hetero) is 1. The Morgan fingerprint density at radius 3 is 2.78 bits per heavy atom. The van der Waals surface area contributed by atoms with Crippen molar-refractivity contribution in [3.63, 3.8) is 0 Å². The lowest BCUT2D eigenvalue weighted by atomic mass is 9.90. The summed E-state index contributed by atoms with van der Waals surface area (Å²) in [5.41, 5.74) is 0. The van der Waals surface area contributed by atoms with E-state index < -0.39 is 11.9 Å². The van der Waals surface area contributed by atoms with Crippen LogP contribution in [0.25, 0.3) is 0 Å². The van der Waals surface area contributed by atoms with Crippen LogP contribution in [-0.4, -0.2) is 37.4 Å². The van der Waals surface area contributed by atoms with Gasteiger partial charge in [0.15, 0.2) is 11.6 Å². The average Bonchev–Trinajstić information content (AvgIpc) is 2.31. The fourth-order valence-electron chi connectivity index (χ4n) is 2.12. The molecule has 0 N–H and O–H groups in total. The van der Waals surface area contributed by atoms with Crippen LogP contribution in [0.4, 0.5) is 0 Å². The highest BCUT2D eigenvalue weighted by atomic mass is 16.7. The monoisotopic (exact) mass is 258 g/mol. The molecule has 0 saturated carbocycles. The molecule has 0 aromatic heterocycles. The third-order valence-electron chi connectivity index (χ3n) is 3.03. The Kier molecular flexibility index (Phi) is 5.28. The Balaban J connectivity index is 2.75. The Labute approximate surface area is 108 Å². The molecule has 1 rings (SSSR count). The highest BCUT2D eigenvalue weighted by Crippen LogP contribution is 2.28. The number of esters is 1. The van der Waals surface area contributed by atoms with Crippen molar-refractivity contribution in [1.82, 2.24) is 0 Å². The molecule has 2 atom stereocenters. The van der Waals surface area contributed by atoms with Gasteiger partial charge in [0.2, 0.25) is 0 Å². The van der Waals surface area contributed by atoms with Crippen molar-refractivity contribution in [3.8, 4) is 0 Å². The summed E-state index contributed by atoms with van der Waals surface area (Å²) in [7, 11) is 1.35. The minimum Gasteiger partial charge on any atom is -0.469 e. The summed E-state index contributed by atoms with van der Waals surface area (Å²) < 4.78 is 15.6. The fraction of sp³-hybridized carbons (Fsp3) is 0.846. The quantitative estimate of drug-likeness (QED) is 0.702. The first kappa shape index (κ1) is 15.1. The van der Waals surface area contributed by atoms with Crippen LogP contribution in [0.15, 0.2) is 0 Å². The molecule has 1 heterocycles. The molecule has 104 valence electrons. The molecule has 5 heteroatoms. The largest absolute Gasteiger partial charge is 0.469 e. The molecule has 1 aliphatic rings. The lowest BCUT2D eigenvalue weighted by molar-refractivity contribution is -0.266. The Morgan fingerprint density at radius 2 is 2.22 bits per heavy atom. The maximum Gasteiger partial charge on any atom is 0.305 e. The van der Waals surface area contributed by atoms with Gasteiger partial charge < -0.3 is 14.2 Å². The topological polar surface area (TPSA) is 61.8 Å². The van der Waals surface area contributed by atoms with E-state index in [1.165, 1.54) is 7.11 Å². The third-order valence-corrected chi connectivity index (χ3v) is 3.03.